The number of nitrogen functional groups attached to an aromatic ring is 1. The van der Waals surface area contributed by atoms with Gasteiger partial charge in [-0.15, -0.1) is 11.3 Å². The van der Waals surface area contributed by atoms with E-state index in [1.807, 2.05) is 17.5 Å². The second-order valence-electron chi connectivity index (χ2n) is 3.78. The Morgan fingerprint density at radius 3 is 2.93 bits per heavy atom. The molecule has 0 amide bonds. The molecule has 0 spiro atoms. The highest BCUT2D eigenvalue weighted by Crippen LogP contribution is 2.39. The summed E-state index contributed by atoms with van der Waals surface area (Å²) in [7, 11) is 0. The predicted octanol–water partition coefficient (Wildman–Crippen LogP) is 2.66. The predicted molar refractivity (Wildman–Crippen MR) is 61.7 cm³/mol. The van der Waals surface area contributed by atoms with E-state index in [1.165, 1.54) is 12.8 Å². The van der Waals surface area contributed by atoms with Crippen molar-refractivity contribution in [1.82, 2.24) is 9.97 Å². The molecule has 4 heteroatoms. The van der Waals surface area contributed by atoms with Crippen LogP contribution in [0.3, 0.4) is 0 Å². The number of hydrogen-bond acceptors (Lipinski definition) is 4. The molecule has 0 atom stereocenters. The third-order valence-corrected chi connectivity index (χ3v) is 3.41. The first-order valence-electron chi connectivity index (χ1n) is 5.01. The second-order valence-corrected chi connectivity index (χ2v) is 4.73. The maximum atomic E-state index is 5.88. The van der Waals surface area contributed by atoms with E-state index in [9.17, 15) is 0 Å². The zero-order valence-corrected chi connectivity index (χ0v) is 9.00. The summed E-state index contributed by atoms with van der Waals surface area (Å²) in [6.07, 6.45) is 4.16. The van der Waals surface area contributed by atoms with Gasteiger partial charge in [-0.1, -0.05) is 6.07 Å². The van der Waals surface area contributed by atoms with Gasteiger partial charge < -0.3 is 5.73 Å². The topological polar surface area (TPSA) is 51.8 Å². The largest absolute Gasteiger partial charge is 0.396 e. The van der Waals surface area contributed by atoms with Gasteiger partial charge in [0.2, 0.25) is 0 Å². The van der Waals surface area contributed by atoms with Crippen molar-refractivity contribution in [1.29, 1.82) is 0 Å². The van der Waals surface area contributed by atoms with Gasteiger partial charge >= 0.3 is 0 Å². The van der Waals surface area contributed by atoms with E-state index in [0.717, 1.165) is 16.4 Å². The van der Waals surface area contributed by atoms with Gasteiger partial charge in [0, 0.05) is 5.92 Å². The molecule has 0 aliphatic heterocycles. The van der Waals surface area contributed by atoms with Gasteiger partial charge in [-0.2, -0.15) is 0 Å². The van der Waals surface area contributed by atoms with Gasteiger partial charge in [-0.25, -0.2) is 9.97 Å². The van der Waals surface area contributed by atoms with E-state index >= 15 is 0 Å². The molecule has 2 N–H and O–H groups in total. The summed E-state index contributed by atoms with van der Waals surface area (Å²) in [6.45, 7) is 0. The van der Waals surface area contributed by atoms with Crippen molar-refractivity contribution in [3.05, 3.63) is 29.5 Å². The molecule has 76 valence electrons. The molecule has 3 nitrogen and oxygen atoms in total. The molecule has 2 heterocycles. The van der Waals surface area contributed by atoms with Crippen LogP contribution in [0, 0.1) is 0 Å². The summed E-state index contributed by atoms with van der Waals surface area (Å²) in [4.78, 5) is 9.95. The van der Waals surface area contributed by atoms with E-state index < -0.39 is 0 Å². The van der Waals surface area contributed by atoms with Crippen LogP contribution < -0.4 is 5.73 Å². The maximum Gasteiger partial charge on any atom is 0.132 e. The molecule has 15 heavy (non-hydrogen) atoms. The van der Waals surface area contributed by atoms with Crippen LogP contribution in [-0.4, -0.2) is 9.97 Å². The average Bonchev–Trinajstić information content (AvgIpc) is 2.95. The summed E-state index contributed by atoms with van der Waals surface area (Å²) in [5, 5.41) is 2.04. The summed E-state index contributed by atoms with van der Waals surface area (Å²) in [6, 6.07) is 4.05. The monoisotopic (exact) mass is 217 g/mol. The normalized spacial score (nSPS) is 15.5. The van der Waals surface area contributed by atoms with Crippen molar-refractivity contribution in [3.8, 4) is 10.6 Å². The summed E-state index contributed by atoms with van der Waals surface area (Å²) < 4.78 is 0. The highest BCUT2D eigenvalue weighted by Gasteiger charge is 2.27. The standard InChI is InChI=1S/C11H11N3S/c12-8-6-13-11(7-3-4-7)14-10(8)9-2-1-5-15-9/h1-2,5-7H,3-4,12H2. The molecule has 0 bridgehead atoms. The van der Waals surface area contributed by atoms with Gasteiger partial charge in [-0.3, -0.25) is 0 Å². The zero-order valence-electron chi connectivity index (χ0n) is 8.18. The van der Waals surface area contributed by atoms with Gasteiger partial charge in [0.15, 0.2) is 0 Å². The first-order valence-corrected chi connectivity index (χ1v) is 5.89. The smallest absolute Gasteiger partial charge is 0.132 e. The van der Waals surface area contributed by atoms with Crippen LogP contribution in [0.1, 0.15) is 24.6 Å². The number of aromatic nitrogens is 2. The SMILES string of the molecule is Nc1cnc(C2CC2)nc1-c1cccs1. The molecule has 0 saturated heterocycles. The molecule has 1 saturated carbocycles. The van der Waals surface area contributed by atoms with Gasteiger partial charge in [-0.05, 0) is 24.3 Å². The van der Waals surface area contributed by atoms with Crippen LogP contribution in [-0.2, 0) is 0 Å². The van der Waals surface area contributed by atoms with Crippen molar-refractivity contribution in [2.45, 2.75) is 18.8 Å². The third-order valence-electron chi connectivity index (χ3n) is 2.53. The zero-order chi connectivity index (χ0) is 10.3. The van der Waals surface area contributed by atoms with Crippen molar-refractivity contribution in [2.75, 3.05) is 5.73 Å². The first-order chi connectivity index (χ1) is 7.34. The molecule has 1 aliphatic carbocycles. The van der Waals surface area contributed by atoms with Crippen LogP contribution in [0.5, 0.6) is 0 Å². The van der Waals surface area contributed by atoms with Gasteiger partial charge in [0.1, 0.15) is 11.5 Å². The molecule has 3 rings (SSSR count). The van der Waals surface area contributed by atoms with Crippen LogP contribution in [0.25, 0.3) is 10.6 Å². The molecule has 1 fully saturated rings. The number of hydrogen-bond donors (Lipinski definition) is 1. The minimum Gasteiger partial charge on any atom is -0.396 e. The number of anilines is 1. The van der Waals surface area contributed by atoms with Crippen LogP contribution in [0.4, 0.5) is 5.69 Å². The fourth-order valence-electron chi connectivity index (χ4n) is 1.55. The molecular formula is C11H11N3S. The van der Waals surface area contributed by atoms with E-state index in [2.05, 4.69) is 9.97 Å². The summed E-state index contributed by atoms with van der Waals surface area (Å²) in [5.74, 6) is 1.52. The minimum atomic E-state index is 0.573. The number of nitrogens with zero attached hydrogens (tertiary/aromatic N) is 2. The highest BCUT2D eigenvalue weighted by atomic mass is 32.1. The minimum absolute atomic E-state index is 0.573. The molecule has 0 unspecified atom stereocenters. The Balaban J connectivity index is 2.08. The van der Waals surface area contributed by atoms with Crippen molar-refractivity contribution in [2.24, 2.45) is 0 Å². The molecule has 2 aromatic heterocycles. The Hall–Kier alpha value is -1.42. The fourth-order valence-corrected chi connectivity index (χ4v) is 2.29. The Bertz CT molecular complexity index is 475. The van der Waals surface area contributed by atoms with Gasteiger partial charge in [0.05, 0.1) is 16.8 Å². The lowest BCUT2D eigenvalue weighted by Gasteiger charge is -2.03. The lowest BCUT2D eigenvalue weighted by Crippen LogP contribution is -1.99. The third kappa shape index (κ3) is 1.61. The molecule has 0 radical (unpaired) electrons. The lowest BCUT2D eigenvalue weighted by molar-refractivity contribution is 0.934. The van der Waals surface area contributed by atoms with Gasteiger partial charge in [0.25, 0.3) is 0 Å². The van der Waals surface area contributed by atoms with Crippen molar-refractivity contribution < 1.29 is 0 Å². The second kappa shape index (κ2) is 3.31. The number of thiophene rings is 1. The van der Waals surface area contributed by atoms with E-state index in [-0.39, 0.29) is 0 Å². The van der Waals surface area contributed by atoms with E-state index in [0.29, 0.717) is 11.6 Å². The quantitative estimate of drug-likeness (QED) is 0.841. The Kier molecular flexibility index (Phi) is 1.95. The van der Waals surface area contributed by atoms with Crippen LogP contribution in [0.15, 0.2) is 23.7 Å². The highest BCUT2D eigenvalue weighted by molar-refractivity contribution is 7.13. The van der Waals surface area contributed by atoms with Crippen LogP contribution >= 0.6 is 11.3 Å². The molecule has 1 aliphatic rings. The van der Waals surface area contributed by atoms with E-state index in [4.69, 9.17) is 5.73 Å². The fraction of sp³-hybridized carbons (Fsp3) is 0.273. The van der Waals surface area contributed by atoms with Crippen molar-refractivity contribution in [3.63, 3.8) is 0 Å². The Morgan fingerprint density at radius 2 is 2.27 bits per heavy atom. The maximum absolute atomic E-state index is 5.88. The Labute approximate surface area is 92.0 Å². The Morgan fingerprint density at radius 1 is 1.40 bits per heavy atom. The molecular weight excluding hydrogens is 206 g/mol. The lowest BCUT2D eigenvalue weighted by atomic mass is 10.2. The van der Waals surface area contributed by atoms with Crippen LogP contribution in [0.2, 0.25) is 0 Å². The van der Waals surface area contributed by atoms with E-state index in [1.54, 1.807) is 17.5 Å². The molecule has 2 aromatic rings. The number of nitrogens with two attached hydrogens (primary N) is 1. The number of rotatable bonds is 2. The summed E-state index contributed by atoms with van der Waals surface area (Å²) >= 11 is 1.66. The summed E-state index contributed by atoms with van der Waals surface area (Å²) in [5.41, 5.74) is 7.44. The van der Waals surface area contributed by atoms with Crippen molar-refractivity contribution >= 4 is 17.0 Å². The first kappa shape index (κ1) is 8.85. The average molecular weight is 217 g/mol. The molecule has 0 aromatic carbocycles.